The zero-order valence-electron chi connectivity index (χ0n) is 15.0. The number of anilines is 2. The lowest BCUT2D eigenvalue weighted by Crippen LogP contribution is -2.20. The van der Waals surface area contributed by atoms with Crippen LogP contribution in [0, 0.1) is 0 Å². The number of benzene rings is 2. The largest absolute Gasteiger partial charge is 0.378 e. The lowest BCUT2D eigenvalue weighted by Gasteiger charge is -2.11. The van der Waals surface area contributed by atoms with Crippen LogP contribution in [0.5, 0.6) is 0 Å². The van der Waals surface area contributed by atoms with E-state index in [0.717, 1.165) is 11.3 Å². The Balaban J connectivity index is 1.76. The Hall–Kier alpha value is -2.57. The minimum atomic E-state index is -0.353. The summed E-state index contributed by atoms with van der Waals surface area (Å²) >= 11 is 11.8. The van der Waals surface area contributed by atoms with E-state index in [1.807, 2.05) is 43.3 Å². The van der Waals surface area contributed by atoms with Crippen molar-refractivity contribution in [3.8, 4) is 0 Å². The molecule has 2 N–H and O–H groups in total. The molecule has 0 saturated heterocycles. The van der Waals surface area contributed by atoms with E-state index in [9.17, 15) is 9.59 Å². The first-order chi connectivity index (χ1) is 12.8. The maximum Gasteiger partial charge on any atom is 0.240 e. The Morgan fingerprint density at radius 3 is 2.33 bits per heavy atom. The fraction of sp³-hybridized carbons (Fsp3) is 0.211. The van der Waals surface area contributed by atoms with Gasteiger partial charge in [-0.15, -0.1) is 0 Å². The number of nitrogens with zero attached hydrogens (tertiary/aromatic N) is 2. The highest BCUT2D eigenvalue weighted by Crippen LogP contribution is 2.25. The number of carbonyl (C=O) groups excluding carboxylic acids is 2. The van der Waals surface area contributed by atoms with Crippen molar-refractivity contribution < 1.29 is 9.59 Å². The molecular formula is C19H20Cl2N4O2. The monoisotopic (exact) mass is 406 g/mol. The summed E-state index contributed by atoms with van der Waals surface area (Å²) in [6, 6.07) is 12.5. The van der Waals surface area contributed by atoms with Gasteiger partial charge in [0.15, 0.2) is 0 Å². The van der Waals surface area contributed by atoms with Crippen molar-refractivity contribution in [1.82, 2.24) is 5.43 Å². The zero-order valence-corrected chi connectivity index (χ0v) is 16.5. The van der Waals surface area contributed by atoms with Gasteiger partial charge in [-0.25, -0.2) is 5.43 Å². The maximum absolute atomic E-state index is 11.9. The van der Waals surface area contributed by atoms with Crippen LogP contribution >= 0.6 is 23.2 Å². The number of carbonyl (C=O) groups is 2. The minimum Gasteiger partial charge on any atom is -0.378 e. The molecule has 2 aromatic carbocycles. The second kappa shape index (κ2) is 9.94. The summed E-state index contributed by atoms with van der Waals surface area (Å²) in [5.41, 5.74) is 4.78. The fourth-order valence-corrected chi connectivity index (χ4v) is 2.58. The van der Waals surface area contributed by atoms with Crippen molar-refractivity contribution in [3.63, 3.8) is 0 Å². The first kappa shape index (κ1) is 20.7. The van der Waals surface area contributed by atoms with E-state index in [1.165, 1.54) is 6.07 Å². The maximum atomic E-state index is 11.9. The summed E-state index contributed by atoms with van der Waals surface area (Å²) in [7, 11) is 3.92. The van der Waals surface area contributed by atoms with Crippen molar-refractivity contribution in [3.05, 3.63) is 58.1 Å². The normalized spacial score (nSPS) is 10.7. The summed E-state index contributed by atoms with van der Waals surface area (Å²) < 4.78 is 0. The van der Waals surface area contributed by atoms with Crippen LogP contribution in [0.4, 0.5) is 11.4 Å². The molecule has 0 atom stereocenters. The number of halogens is 2. The summed E-state index contributed by atoms with van der Waals surface area (Å²) in [6.45, 7) is 0. The molecule has 0 fully saturated rings. The molecule has 0 heterocycles. The Bertz CT molecular complexity index is 836. The van der Waals surface area contributed by atoms with E-state index in [2.05, 4.69) is 15.8 Å². The van der Waals surface area contributed by atoms with Crippen molar-refractivity contribution in [2.24, 2.45) is 5.10 Å². The zero-order chi connectivity index (χ0) is 19.8. The highest BCUT2D eigenvalue weighted by Gasteiger charge is 2.09. The molecule has 142 valence electrons. The van der Waals surface area contributed by atoms with Crippen LogP contribution in [0.15, 0.2) is 47.6 Å². The van der Waals surface area contributed by atoms with Gasteiger partial charge >= 0.3 is 0 Å². The lowest BCUT2D eigenvalue weighted by atomic mass is 10.2. The molecule has 0 saturated carbocycles. The van der Waals surface area contributed by atoms with Crippen molar-refractivity contribution in [2.45, 2.75) is 12.8 Å². The van der Waals surface area contributed by atoms with Gasteiger partial charge in [0.2, 0.25) is 11.8 Å². The average molecular weight is 407 g/mol. The van der Waals surface area contributed by atoms with Gasteiger partial charge in [0, 0.05) is 37.6 Å². The molecule has 0 aliphatic heterocycles. The lowest BCUT2D eigenvalue weighted by molar-refractivity contribution is -0.124. The van der Waals surface area contributed by atoms with E-state index >= 15 is 0 Å². The van der Waals surface area contributed by atoms with Gasteiger partial charge in [-0.05, 0) is 35.9 Å². The highest BCUT2D eigenvalue weighted by molar-refractivity contribution is 6.36. The summed E-state index contributed by atoms with van der Waals surface area (Å²) in [6.07, 6.45) is 1.57. The molecule has 0 bridgehead atoms. The molecule has 0 aromatic heterocycles. The molecule has 0 unspecified atom stereocenters. The third-order valence-corrected chi connectivity index (χ3v) is 4.14. The van der Waals surface area contributed by atoms with E-state index in [1.54, 1.807) is 18.3 Å². The van der Waals surface area contributed by atoms with Crippen molar-refractivity contribution in [1.29, 1.82) is 0 Å². The molecule has 27 heavy (non-hydrogen) atoms. The van der Waals surface area contributed by atoms with E-state index in [4.69, 9.17) is 23.2 Å². The van der Waals surface area contributed by atoms with Gasteiger partial charge in [-0.1, -0.05) is 35.3 Å². The standard InChI is InChI=1S/C19H20Cl2N4O2/c1-25(2)15-6-3-13(4-7-15)12-22-24-19(27)10-9-18(26)23-17-8-5-14(20)11-16(17)21/h3-8,11-12H,9-10H2,1-2H3,(H,23,26)(H,24,27). The highest BCUT2D eigenvalue weighted by atomic mass is 35.5. The third kappa shape index (κ3) is 6.92. The van der Waals surface area contributed by atoms with Crippen molar-refractivity contribution >= 4 is 52.6 Å². The number of hydrogen-bond donors (Lipinski definition) is 2. The molecule has 0 spiro atoms. The van der Waals surface area contributed by atoms with E-state index in [0.29, 0.717) is 15.7 Å². The Kier molecular flexibility index (Phi) is 7.64. The average Bonchev–Trinajstić information content (AvgIpc) is 2.63. The van der Waals surface area contributed by atoms with E-state index < -0.39 is 0 Å². The SMILES string of the molecule is CN(C)c1ccc(C=NNC(=O)CCC(=O)Nc2ccc(Cl)cc2Cl)cc1. The Morgan fingerprint density at radius 1 is 1.04 bits per heavy atom. The van der Waals surface area contributed by atoms with Gasteiger partial charge < -0.3 is 10.2 Å². The summed E-state index contributed by atoms with van der Waals surface area (Å²) in [5, 5.41) is 7.35. The number of amides is 2. The van der Waals surface area contributed by atoms with Gasteiger partial charge in [-0.3, -0.25) is 9.59 Å². The van der Waals surface area contributed by atoms with Crippen LogP contribution in [-0.4, -0.2) is 32.1 Å². The van der Waals surface area contributed by atoms with E-state index in [-0.39, 0.29) is 24.7 Å². The molecule has 0 radical (unpaired) electrons. The summed E-state index contributed by atoms with van der Waals surface area (Å²) in [4.78, 5) is 25.7. The second-order valence-electron chi connectivity index (χ2n) is 5.95. The molecular weight excluding hydrogens is 387 g/mol. The first-order valence-corrected chi connectivity index (χ1v) is 8.95. The number of hydrazone groups is 1. The van der Waals surface area contributed by atoms with Crippen LogP contribution in [0.25, 0.3) is 0 Å². The molecule has 2 amide bonds. The van der Waals surface area contributed by atoms with Crippen LogP contribution in [0.3, 0.4) is 0 Å². The summed E-state index contributed by atoms with van der Waals surface area (Å²) in [5.74, 6) is -0.675. The van der Waals surface area contributed by atoms with Crippen LogP contribution in [0.1, 0.15) is 18.4 Å². The molecule has 0 aliphatic rings. The Labute approximate surface area is 168 Å². The van der Waals surface area contributed by atoms with Crippen molar-refractivity contribution in [2.75, 3.05) is 24.3 Å². The molecule has 0 aliphatic carbocycles. The number of hydrogen-bond acceptors (Lipinski definition) is 4. The van der Waals surface area contributed by atoms with Crippen LogP contribution < -0.4 is 15.6 Å². The molecule has 8 heteroatoms. The van der Waals surface area contributed by atoms with Gasteiger partial charge in [0.1, 0.15) is 0 Å². The van der Waals surface area contributed by atoms with Gasteiger partial charge in [0.05, 0.1) is 16.9 Å². The first-order valence-electron chi connectivity index (χ1n) is 8.19. The topological polar surface area (TPSA) is 73.8 Å². The Morgan fingerprint density at radius 2 is 1.70 bits per heavy atom. The third-order valence-electron chi connectivity index (χ3n) is 3.60. The minimum absolute atomic E-state index is 0.00789. The molecule has 2 aromatic rings. The smallest absolute Gasteiger partial charge is 0.240 e. The van der Waals surface area contributed by atoms with Crippen LogP contribution in [0.2, 0.25) is 10.0 Å². The van der Waals surface area contributed by atoms with Gasteiger partial charge in [0.25, 0.3) is 0 Å². The second-order valence-corrected chi connectivity index (χ2v) is 6.80. The fourth-order valence-electron chi connectivity index (χ4n) is 2.12. The number of nitrogens with one attached hydrogen (secondary N) is 2. The van der Waals surface area contributed by atoms with Crippen LogP contribution in [-0.2, 0) is 9.59 Å². The number of rotatable bonds is 7. The quantitative estimate of drug-likeness (QED) is 0.540. The predicted molar refractivity (Wildman–Crippen MR) is 111 cm³/mol. The molecule has 2 rings (SSSR count). The van der Waals surface area contributed by atoms with Gasteiger partial charge in [-0.2, -0.15) is 5.10 Å². The molecule has 6 nitrogen and oxygen atoms in total. The predicted octanol–water partition coefficient (Wildman–Crippen LogP) is 3.93.